The Labute approximate surface area is 193 Å². The molecule has 0 amide bonds. The minimum Gasteiger partial charge on any atom is -0.494 e. The van der Waals surface area contributed by atoms with Crippen molar-refractivity contribution in [3.05, 3.63) is 59.1 Å². The van der Waals surface area contributed by atoms with E-state index in [9.17, 15) is 0 Å². The number of nitrogens with one attached hydrogen (secondary N) is 2. The summed E-state index contributed by atoms with van der Waals surface area (Å²) in [5.74, 6) is 1.58. The van der Waals surface area contributed by atoms with Gasteiger partial charge in [-0.2, -0.15) is 0 Å². The summed E-state index contributed by atoms with van der Waals surface area (Å²) in [6.07, 6.45) is 2.91. The predicted molar refractivity (Wildman–Crippen MR) is 130 cm³/mol. The lowest BCUT2D eigenvalue weighted by atomic mass is 10.1. The van der Waals surface area contributed by atoms with Gasteiger partial charge in [-0.05, 0) is 74.7 Å². The molecule has 3 N–H and O–H groups in total. The molecule has 0 unspecified atom stereocenters. The first-order valence-electron chi connectivity index (χ1n) is 10.6. The van der Waals surface area contributed by atoms with Crippen LogP contribution in [0.4, 0.5) is 5.00 Å². The number of nitrogens with zero attached hydrogens (tertiary/aromatic N) is 2. The van der Waals surface area contributed by atoms with Crippen molar-refractivity contribution >= 4 is 22.2 Å². The van der Waals surface area contributed by atoms with Crippen molar-refractivity contribution in [3.8, 4) is 22.8 Å². The lowest BCUT2D eigenvalue weighted by molar-refractivity contribution is 0.234. The third kappa shape index (κ3) is 6.45. The van der Waals surface area contributed by atoms with Crippen molar-refractivity contribution in [1.29, 1.82) is 5.41 Å². The lowest BCUT2D eigenvalue weighted by Gasteiger charge is -2.12. The van der Waals surface area contributed by atoms with E-state index in [0.717, 1.165) is 52.0 Å². The van der Waals surface area contributed by atoms with E-state index in [-0.39, 0.29) is 5.84 Å². The number of hydroxylamine groups is 1. The standard InChI is InChI=1S/C24H30N4O3S/c1-17-26-22(24(32-17)28(2)3)18-7-11-20(12-8-18)30-15-5-4-6-16-31-21-13-9-19(10-14-21)23(25)27-29/h7-14,29H,4-6,15-16H2,1-3H3,(H2,25,27). The van der Waals surface area contributed by atoms with Gasteiger partial charge < -0.3 is 14.4 Å². The normalized spacial score (nSPS) is 10.6. The Morgan fingerprint density at radius 3 is 2.06 bits per heavy atom. The summed E-state index contributed by atoms with van der Waals surface area (Å²) < 4.78 is 11.6. The van der Waals surface area contributed by atoms with Crippen molar-refractivity contribution in [2.75, 3.05) is 32.2 Å². The molecule has 0 aliphatic heterocycles. The van der Waals surface area contributed by atoms with Gasteiger partial charge in [-0.1, -0.05) is 0 Å². The molecule has 0 aliphatic rings. The minimum atomic E-state index is -0.0391. The topological polar surface area (TPSA) is 90.7 Å². The van der Waals surface area contributed by atoms with Crippen LogP contribution >= 0.6 is 11.3 Å². The zero-order chi connectivity index (χ0) is 22.9. The zero-order valence-electron chi connectivity index (χ0n) is 18.7. The van der Waals surface area contributed by atoms with Gasteiger partial charge in [0.25, 0.3) is 0 Å². The molecule has 0 bridgehead atoms. The Morgan fingerprint density at radius 1 is 0.969 bits per heavy atom. The highest BCUT2D eigenvalue weighted by Crippen LogP contribution is 2.35. The molecule has 170 valence electrons. The number of anilines is 1. The van der Waals surface area contributed by atoms with Gasteiger partial charge in [-0.15, -0.1) is 11.3 Å². The number of amidine groups is 1. The van der Waals surface area contributed by atoms with E-state index >= 15 is 0 Å². The minimum absolute atomic E-state index is 0.0391. The highest BCUT2D eigenvalue weighted by Gasteiger charge is 2.13. The molecule has 7 nitrogen and oxygen atoms in total. The third-order valence-corrected chi connectivity index (χ3v) is 5.97. The Bertz CT molecular complexity index is 1000. The molecule has 0 radical (unpaired) electrons. The fourth-order valence-corrected chi connectivity index (χ4v) is 4.02. The van der Waals surface area contributed by atoms with Crippen LogP contribution in [-0.4, -0.2) is 43.3 Å². The van der Waals surface area contributed by atoms with Crippen molar-refractivity contribution in [2.45, 2.75) is 26.2 Å². The van der Waals surface area contributed by atoms with Gasteiger partial charge in [0.15, 0.2) is 0 Å². The van der Waals surface area contributed by atoms with Gasteiger partial charge in [0, 0.05) is 25.2 Å². The van der Waals surface area contributed by atoms with Crippen molar-refractivity contribution in [3.63, 3.8) is 0 Å². The number of hydrogen-bond donors (Lipinski definition) is 3. The number of ether oxygens (including phenoxy) is 2. The summed E-state index contributed by atoms with van der Waals surface area (Å²) in [4.78, 5) is 6.78. The lowest BCUT2D eigenvalue weighted by Crippen LogP contribution is -2.18. The second kappa shape index (κ2) is 11.5. The molecule has 0 saturated heterocycles. The molecule has 0 aliphatic carbocycles. The molecule has 0 spiro atoms. The number of thiazole rings is 1. The van der Waals surface area contributed by atoms with Crippen LogP contribution in [0.5, 0.6) is 11.5 Å². The van der Waals surface area contributed by atoms with Crippen LogP contribution in [0.1, 0.15) is 29.8 Å². The SMILES string of the molecule is Cc1nc(-c2ccc(OCCCCCOc3ccc(C(=N)NO)cc3)cc2)c(N(C)C)s1. The van der Waals surface area contributed by atoms with E-state index in [1.165, 1.54) is 0 Å². The maximum Gasteiger partial charge on any atom is 0.149 e. The van der Waals surface area contributed by atoms with Crippen LogP contribution in [-0.2, 0) is 0 Å². The first kappa shape index (κ1) is 23.6. The molecular weight excluding hydrogens is 424 g/mol. The first-order valence-corrected chi connectivity index (χ1v) is 11.4. The number of benzene rings is 2. The van der Waals surface area contributed by atoms with E-state index in [1.807, 2.05) is 38.6 Å². The highest BCUT2D eigenvalue weighted by atomic mass is 32.1. The molecule has 1 heterocycles. The van der Waals surface area contributed by atoms with Gasteiger partial charge in [-0.3, -0.25) is 16.1 Å². The molecule has 1 aromatic heterocycles. The predicted octanol–water partition coefficient (Wildman–Crippen LogP) is 5.12. The maximum atomic E-state index is 8.74. The summed E-state index contributed by atoms with van der Waals surface area (Å²) in [5, 5.41) is 18.5. The Morgan fingerprint density at radius 2 is 1.53 bits per heavy atom. The molecule has 32 heavy (non-hydrogen) atoms. The van der Waals surface area contributed by atoms with Crippen LogP contribution in [0.2, 0.25) is 0 Å². The van der Waals surface area contributed by atoms with E-state index in [1.54, 1.807) is 35.6 Å². The number of aromatic nitrogens is 1. The molecular formula is C24H30N4O3S. The molecule has 0 atom stereocenters. The quantitative estimate of drug-likeness (QED) is 0.161. The monoisotopic (exact) mass is 454 g/mol. The fourth-order valence-electron chi connectivity index (χ4n) is 3.16. The van der Waals surface area contributed by atoms with Gasteiger partial charge >= 0.3 is 0 Å². The summed E-state index contributed by atoms with van der Waals surface area (Å²) in [6.45, 7) is 3.33. The smallest absolute Gasteiger partial charge is 0.149 e. The summed E-state index contributed by atoms with van der Waals surface area (Å²) >= 11 is 1.70. The van der Waals surface area contributed by atoms with Crippen molar-refractivity contribution in [2.24, 2.45) is 0 Å². The molecule has 2 aromatic carbocycles. The number of unbranched alkanes of at least 4 members (excludes halogenated alkanes) is 2. The number of aryl methyl sites for hydroxylation is 1. The van der Waals surface area contributed by atoms with E-state index in [4.69, 9.17) is 20.1 Å². The van der Waals surface area contributed by atoms with E-state index in [0.29, 0.717) is 18.8 Å². The highest BCUT2D eigenvalue weighted by molar-refractivity contribution is 7.16. The van der Waals surface area contributed by atoms with Crippen LogP contribution < -0.4 is 19.9 Å². The third-order valence-electron chi connectivity index (χ3n) is 4.83. The maximum absolute atomic E-state index is 8.74. The molecule has 8 heteroatoms. The van der Waals surface area contributed by atoms with Gasteiger partial charge in [0.05, 0.1) is 18.2 Å². The number of hydrogen-bond acceptors (Lipinski definition) is 7. The summed E-state index contributed by atoms with van der Waals surface area (Å²) in [5.41, 5.74) is 4.54. The molecule has 0 fully saturated rings. The van der Waals surface area contributed by atoms with Gasteiger partial charge in [0.2, 0.25) is 0 Å². The Kier molecular flexibility index (Phi) is 8.47. The molecule has 3 rings (SSSR count). The molecule has 3 aromatic rings. The Balaban J connectivity index is 1.35. The van der Waals surface area contributed by atoms with Crippen LogP contribution in [0.25, 0.3) is 11.3 Å². The fraction of sp³-hybridized carbons (Fsp3) is 0.333. The summed E-state index contributed by atoms with van der Waals surface area (Å²) in [7, 11) is 4.08. The van der Waals surface area contributed by atoms with E-state index < -0.39 is 0 Å². The van der Waals surface area contributed by atoms with Gasteiger partial charge in [-0.25, -0.2) is 4.98 Å². The molecule has 0 saturated carbocycles. The van der Waals surface area contributed by atoms with Crippen molar-refractivity contribution in [1.82, 2.24) is 10.5 Å². The first-order chi connectivity index (χ1) is 15.5. The Hall–Kier alpha value is -3.10. The largest absolute Gasteiger partial charge is 0.494 e. The van der Waals surface area contributed by atoms with Crippen molar-refractivity contribution < 1.29 is 14.7 Å². The second-order valence-electron chi connectivity index (χ2n) is 7.57. The van der Waals surface area contributed by atoms with Crippen LogP contribution in [0.3, 0.4) is 0 Å². The van der Waals surface area contributed by atoms with Crippen LogP contribution in [0, 0.1) is 12.3 Å². The summed E-state index contributed by atoms with van der Waals surface area (Å²) in [6, 6.07) is 15.2. The van der Waals surface area contributed by atoms with Gasteiger partial charge in [0.1, 0.15) is 28.0 Å². The second-order valence-corrected chi connectivity index (χ2v) is 8.76. The average Bonchev–Trinajstić information content (AvgIpc) is 3.21. The average molecular weight is 455 g/mol. The number of rotatable bonds is 11. The zero-order valence-corrected chi connectivity index (χ0v) is 19.5. The van der Waals surface area contributed by atoms with E-state index in [2.05, 4.69) is 22.0 Å². The van der Waals surface area contributed by atoms with Crippen LogP contribution in [0.15, 0.2) is 48.5 Å².